The van der Waals surface area contributed by atoms with E-state index in [-0.39, 0.29) is 5.69 Å². The van der Waals surface area contributed by atoms with Gasteiger partial charge in [-0.2, -0.15) is 0 Å². The van der Waals surface area contributed by atoms with Crippen molar-refractivity contribution in [1.29, 1.82) is 0 Å². The summed E-state index contributed by atoms with van der Waals surface area (Å²) in [6.45, 7) is 2.02. The molecule has 0 spiro atoms. The first-order valence-electron chi connectivity index (χ1n) is 6.38. The SMILES string of the molecule is Cc1ccc(-n2nncc2-c2ccc([N+](=O)[O-])cc2)cc1. The standard InChI is InChI=1S/C15H12N4O2/c1-11-2-6-13(7-3-11)18-15(10-16-17-18)12-4-8-14(9-5-12)19(20)21/h2-10H,1H3. The lowest BCUT2D eigenvalue weighted by Crippen LogP contribution is -1.99. The zero-order chi connectivity index (χ0) is 14.8. The van der Waals surface area contributed by atoms with E-state index in [2.05, 4.69) is 10.3 Å². The van der Waals surface area contributed by atoms with Gasteiger partial charge in [0.05, 0.1) is 22.5 Å². The lowest BCUT2D eigenvalue weighted by molar-refractivity contribution is -0.384. The number of hydrogen-bond donors (Lipinski definition) is 0. The van der Waals surface area contributed by atoms with Gasteiger partial charge in [-0.15, -0.1) is 5.10 Å². The van der Waals surface area contributed by atoms with Gasteiger partial charge < -0.3 is 0 Å². The second kappa shape index (κ2) is 5.16. The molecule has 0 unspecified atom stereocenters. The van der Waals surface area contributed by atoms with Gasteiger partial charge in [0.15, 0.2) is 0 Å². The van der Waals surface area contributed by atoms with Crippen molar-refractivity contribution < 1.29 is 4.92 Å². The van der Waals surface area contributed by atoms with Crippen LogP contribution in [0.15, 0.2) is 54.7 Å². The molecule has 21 heavy (non-hydrogen) atoms. The Hall–Kier alpha value is -3.02. The average molecular weight is 280 g/mol. The van der Waals surface area contributed by atoms with Crippen LogP contribution >= 0.6 is 0 Å². The van der Waals surface area contributed by atoms with E-state index in [9.17, 15) is 10.1 Å². The monoisotopic (exact) mass is 280 g/mol. The second-order valence-corrected chi connectivity index (χ2v) is 4.67. The highest BCUT2D eigenvalue weighted by Crippen LogP contribution is 2.23. The summed E-state index contributed by atoms with van der Waals surface area (Å²) < 4.78 is 1.71. The van der Waals surface area contributed by atoms with E-state index >= 15 is 0 Å². The Balaban J connectivity index is 2.02. The molecule has 0 fully saturated rings. The highest BCUT2D eigenvalue weighted by Gasteiger charge is 2.10. The molecule has 0 aliphatic carbocycles. The Morgan fingerprint density at radius 3 is 2.33 bits per heavy atom. The Morgan fingerprint density at radius 1 is 1.05 bits per heavy atom. The van der Waals surface area contributed by atoms with E-state index < -0.39 is 4.92 Å². The molecule has 0 saturated heterocycles. The molecule has 0 saturated carbocycles. The van der Waals surface area contributed by atoms with Gasteiger partial charge in [-0.1, -0.05) is 22.9 Å². The molecular formula is C15H12N4O2. The summed E-state index contributed by atoms with van der Waals surface area (Å²) in [4.78, 5) is 10.3. The number of nitrogens with zero attached hydrogens (tertiary/aromatic N) is 4. The molecule has 1 heterocycles. The van der Waals surface area contributed by atoms with E-state index in [0.717, 1.165) is 22.5 Å². The van der Waals surface area contributed by atoms with E-state index in [1.165, 1.54) is 12.1 Å². The van der Waals surface area contributed by atoms with Gasteiger partial charge in [0.1, 0.15) is 0 Å². The molecule has 3 aromatic rings. The van der Waals surface area contributed by atoms with Gasteiger partial charge in [-0.05, 0) is 31.2 Å². The molecule has 6 nitrogen and oxygen atoms in total. The van der Waals surface area contributed by atoms with E-state index in [0.29, 0.717) is 0 Å². The van der Waals surface area contributed by atoms with Gasteiger partial charge in [0.2, 0.25) is 0 Å². The molecule has 3 rings (SSSR count). The van der Waals surface area contributed by atoms with Crippen molar-refractivity contribution in [2.24, 2.45) is 0 Å². The maximum atomic E-state index is 10.7. The predicted molar refractivity (Wildman–Crippen MR) is 78.2 cm³/mol. The molecule has 0 atom stereocenters. The van der Waals surface area contributed by atoms with Crippen molar-refractivity contribution in [1.82, 2.24) is 15.0 Å². The van der Waals surface area contributed by atoms with Crippen LogP contribution in [0.4, 0.5) is 5.69 Å². The first kappa shape index (κ1) is 13.0. The van der Waals surface area contributed by atoms with Crippen LogP contribution in [0, 0.1) is 17.0 Å². The van der Waals surface area contributed by atoms with Crippen molar-refractivity contribution in [2.45, 2.75) is 6.92 Å². The van der Waals surface area contributed by atoms with E-state index in [1.807, 2.05) is 31.2 Å². The molecule has 1 aromatic heterocycles. The van der Waals surface area contributed by atoms with Crippen molar-refractivity contribution in [3.05, 3.63) is 70.4 Å². The van der Waals surface area contributed by atoms with Crippen LogP contribution in [0.25, 0.3) is 16.9 Å². The first-order chi connectivity index (χ1) is 10.1. The fourth-order valence-electron chi connectivity index (χ4n) is 2.06. The fraction of sp³-hybridized carbons (Fsp3) is 0.0667. The number of hydrogen-bond acceptors (Lipinski definition) is 4. The minimum Gasteiger partial charge on any atom is -0.258 e. The molecule has 104 valence electrons. The summed E-state index contributed by atoms with van der Waals surface area (Å²) in [5, 5.41) is 18.7. The Morgan fingerprint density at radius 2 is 1.71 bits per heavy atom. The van der Waals surface area contributed by atoms with E-state index in [1.54, 1.807) is 23.0 Å². The Labute approximate surface area is 120 Å². The largest absolute Gasteiger partial charge is 0.269 e. The lowest BCUT2D eigenvalue weighted by atomic mass is 10.1. The number of benzene rings is 2. The number of aromatic nitrogens is 3. The zero-order valence-corrected chi connectivity index (χ0v) is 11.3. The Bertz CT molecular complexity index is 776. The third-order valence-electron chi connectivity index (χ3n) is 3.20. The predicted octanol–water partition coefficient (Wildman–Crippen LogP) is 3.15. The molecule has 0 amide bonds. The minimum atomic E-state index is -0.417. The molecular weight excluding hydrogens is 268 g/mol. The summed E-state index contributed by atoms with van der Waals surface area (Å²) in [7, 11) is 0. The number of nitro benzene ring substituents is 1. The van der Waals surface area contributed by atoms with Gasteiger partial charge >= 0.3 is 0 Å². The van der Waals surface area contributed by atoms with Crippen molar-refractivity contribution in [3.8, 4) is 16.9 Å². The third-order valence-corrected chi connectivity index (χ3v) is 3.20. The number of rotatable bonds is 3. The van der Waals surface area contributed by atoms with Gasteiger partial charge in [0, 0.05) is 17.7 Å². The molecule has 0 bridgehead atoms. The van der Waals surface area contributed by atoms with Crippen LogP contribution in [0.1, 0.15) is 5.56 Å². The highest BCUT2D eigenvalue weighted by molar-refractivity contribution is 5.62. The van der Waals surface area contributed by atoms with Gasteiger partial charge in [-0.25, -0.2) is 4.68 Å². The summed E-state index contributed by atoms with van der Waals surface area (Å²) in [5.41, 5.74) is 3.73. The van der Waals surface area contributed by atoms with Crippen LogP contribution in [0.3, 0.4) is 0 Å². The molecule has 0 radical (unpaired) electrons. The lowest BCUT2D eigenvalue weighted by Gasteiger charge is -2.06. The quantitative estimate of drug-likeness (QED) is 0.545. The van der Waals surface area contributed by atoms with Crippen LogP contribution in [0.5, 0.6) is 0 Å². The van der Waals surface area contributed by atoms with Gasteiger partial charge in [-0.3, -0.25) is 10.1 Å². The summed E-state index contributed by atoms with van der Waals surface area (Å²) in [6.07, 6.45) is 1.64. The van der Waals surface area contributed by atoms with Gasteiger partial charge in [0.25, 0.3) is 5.69 Å². The van der Waals surface area contributed by atoms with Crippen LogP contribution in [-0.4, -0.2) is 19.9 Å². The molecule has 2 aromatic carbocycles. The average Bonchev–Trinajstić information content (AvgIpc) is 2.97. The first-order valence-corrected chi connectivity index (χ1v) is 6.38. The maximum Gasteiger partial charge on any atom is 0.269 e. The topological polar surface area (TPSA) is 73.8 Å². The second-order valence-electron chi connectivity index (χ2n) is 4.67. The maximum absolute atomic E-state index is 10.7. The van der Waals surface area contributed by atoms with E-state index in [4.69, 9.17) is 0 Å². The molecule has 0 N–H and O–H groups in total. The smallest absolute Gasteiger partial charge is 0.258 e. The molecule has 0 aliphatic rings. The van der Waals surface area contributed by atoms with Crippen LogP contribution < -0.4 is 0 Å². The summed E-state index contributed by atoms with van der Waals surface area (Å²) in [6, 6.07) is 14.2. The highest BCUT2D eigenvalue weighted by atomic mass is 16.6. The fourth-order valence-corrected chi connectivity index (χ4v) is 2.06. The number of aryl methyl sites for hydroxylation is 1. The molecule has 0 aliphatic heterocycles. The van der Waals surface area contributed by atoms with Crippen molar-refractivity contribution in [2.75, 3.05) is 0 Å². The van der Waals surface area contributed by atoms with Crippen molar-refractivity contribution >= 4 is 5.69 Å². The number of nitro groups is 1. The summed E-state index contributed by atoms with van der Waals surface area (Å²) >= 11 is 0. The summed E-state index contributed by atoms with van der Waals surface area (Å²) in [5.74, 6) is 0. The third kappa shape index (κ3) is 2.51. The number of non-ortho nitro benzene ring substituents is 1. The minimum absolute atomic E-state index is 0.0631. The molecule has 6 heteroatoms. The van der Waals surface area contributed by atoms with Crippen molar-refractivity contribution in [3.63, 3.8) is 0 Å². The van der Waals surface area contributed by atoms with Crippen LogP contribution in [0.2, 0.25) is 0 Å². The van der Waals surface area contributed by atoms with Crippen LogP contribution in [-0.2, 0) is 0 Å². The Kier molecular flexibility index (Phi) is 3.19. The zero-order valence-electron chi connectivity index (χ0n) is 11.3. The normalized spacial score (nSPS) is 10.5.